The van der Waals surface area contributed by atoms with E-state index in [4.69, 9.17) is 0 Å². The van der Waals surface area contributed by atoms with E-state index in [1.165, 1.54) is 11.8 Å². The Kier molecular flexibility index (Phi) is 4.04. The number of carboxylic acid groups (broad SMARTS) is 1. The summed E-state index contributed by atoms with van der Waals surface area (Å²) in [4.78, 5) is 15.5. The quantitative estimate of drug-likeness (QED) is 0.878. The topological polar surface area (TPSA) is 67.5 Å². The molecule has 108 valence electrons. The maximum Gasteiger partial charge on any atom is 0.317 e. The van der Waals surface area contributed by atoms with Crippen molar-refractivity contribution in [1.82, 2.24) is 14.6 Å². The number of carbonyl (C=O) groups is 1. The molecule has 2 rings (SSSR count). The third kappa shape index (κ3) is 2.95. The van der Waals surface area contributed by atoms with E-state index in [1.807, 2.05) is 13.0 Å². The van der Waals surface area contributed by atoms with Crippen LogP contribution in [0.4, 0.5) is 0 Å². The summed E-state index contributed by atoms with van der Waals surface area (Å²) in [5.74, 6) is -0.808. The Morgan fingerprint density at radius 2 is 2.20 bits per heavy atom. The Hall–Kier alpha value is -1.56. The van der Waals surface area contributed by atoms with Crippen LogP contribution in [0.3, 0.4) is 0 Å². The average molecular weight is 293 g/mol. The fraction of sp³-hybridized carbons (Fsp3) is 0.500. The molecule has 0 saturated carbocycles. The fourth-order valence-corrected chi connectivity index (χ4v) is 2.73. The van der Waals surface area contributed by atoms with E-state index in [0.717, 1.165) is 11.2 Å². The molecule has 0 fully saturated rings. The fourth-order valence-electron chi connectivity index (χ4n) is 1.80. The molecule has 2 heterocycles. The summed E-state index contributed by atoms with van der Waals surface area (Å²) < 4.78 is 1.77. The van der Waals surface area contributed by atoms with Gasteiger partial charge >= 0.3 is 5.97 Å². The highest BCUT2D eigenvalue weighted by Gasteiger charge is 2.22. The smallest absolute Gasteiger partial charge is 0.317 e. The standard InChI is InChI=1S/C14H19N3O2S/c1-5-10(13(18)19)20-12-9-8-11(14(2,3)4)16-17(9)7-6-15-12/h6-8,10H,5H2,1-4H3,(H,18,19). The molecule has 20 heavy (non-hydrogen) atoms. The Morgan fingerprint density at radius 1 is 1.50 bits per heavy atom. The van der Waals surface area contributed by atoms with Gasteiger partial charge in [0, 0.05) is 17.8 Å². The summed E-state index contributed by atoms with van der Waals surface area (Å²) in [6.07, 6.45) is 4.00. The summed E-state index contributed by atoms with van der Waals surface area (Å²) in [6, 6.07) is 1.99. The lowest BCUT2D eigenvalue weighted by molar-refractivity contribution is -0.136. The second kappa shape index (κ2) is 5.44. The highest BCUT2D eigenvalue weighted by molar-refractivity contribution is 8.00. The maximum absolute atomic E-state index is 11.2. The molecular formula is C14H19N3O2S. The van der Waals surface area contributed by atoms with Crippen LogP contribution < -0.4 is 0 Å². The van der Waals surface area contributed by atoms with Crippen LogP contribution in [0.5, 0.6) is 0 Å². The van der Waals surface area contributed by atoms with E-state index in [0.29, 0.717) is 11.4 Å². The van der Waals surface area contributed by atoms with Gasteiger partial charge in [0.25, 0.3) is 0 Å². The average Bonchev–Trinajstić information content (AvgIpc) is 2.79. The first-order chi connectivity index (χ1) is 9.32. The molecule has 5 nitrogen and oxygen atoms in total. The van der Waals surface area contributed by atoms with E-state index in [2.05, 4.69) is 30.9 Å². The molecule has 1 N–H and O–H groups in total. The third-order valence-corrected chi connectivity index (χ3v) is 4.38. The summed E-state index contributed by atoms with van der Waals surface area (Å²) in [6.45, 7) is 8.16. The monoisotopic (exact) mass is 293 g/mol. The second-order valence-electron chi connectivity index (χ2n) is 5.69. The molecular weight excluding hydrogens is 274 g/mol. The Bertz CT molecular complexity index is 631. The van der Waals surface area contributed by atoms with Gasteiger partial charge in [0.1, 0.15) is 10.3 Å². The largest absolute Gasteiger partial charge is 0.480 e. The SMILES string of the molecule is CCC(Sc1nccn2nc(C(C)(C)C)cc12)C(=O)O. The first-order valence-electron chi connectivity index (χ1n) is 6.57. The van der Waals surface area contributed by atoms with E-state index < -0.39 is 11.2 Å². The van der Waals surface area contributed by atoms with Crippen molar-refractivity contribution in [3.63, 3.8) is 0 Å². The number of rotatable bonds is 4. The molecule has 0 aliphatic rings. The number of carboxylic acids is 1. The van der Waals surface area contributed by atoms with Crippen molar-refractivity contribution in [3.8, 4) is 0 Å². The minimum atomic E-state index is -0.808. The number of aromatic nitrogens is 3. The minimum absolute atomic E-state index is 0.0507. The van der Waals surface area contributed by atoms with Gasteiger partial charge in [-0.15, -0.1) is 0 Å². The first kappa shape index (κ1) is 14.8. The van der Waals surface area contributed by atoms with Gasteiger partial charge in [0.05, 0.1) is 11.2 Å². The van der Waals surface area contributed by atoms with Crippen molar-refractivity contribution < 1.29 is 9.90 Å². The van der Waals surface area contributed by atoms with Crippen LogP contribution in [-0.4, -0.2) is 30.9 Å². The molecule has 0 amide bonds. The summed E-state index contributed by atoms with van der Waals surface area (Å²) in [5.41, 5.74) is 1.78. The molecule has 0 radical (unpaired) electrons. The number of nitrogens with zero attached hydrogens (tertiary/aromatic N) is 3. The number of aliphatic carboxylic acids is 1. The predicted molar refractivity (Wildman–Crippen MR) is 79.3 cm³/mol. The zero-order valence-corrected chi connectivity index (χ0v) is 12.9. The van der Waals surface area contributed by atoms with Crippen LogP contribution in [0.2, 0.25) is 0 Å². The van der Waals surface area contributed by atoms with E-state index in [1.54, 1.807) is 16.9 Å². The molecule has 0 spiro atoms. The van der Waals surface area contributed by atoms with Gasteiger partial charge < -0.3 is 5.11 Å². The molecule has 2 aromatic heterocycles. The maximum atomic E-state index is 11.2. The minimum Gasteiger partial charge on any atom is -0.480 e. The summed E-state index contributed by atoms with van der Waals surface area (Å²) in [5, 5.41) is 13.9. The number of hydrogen-bond acceptors (Lipinski definition) is 4. The molecule has 0 bridgehead atoms. The zero-order chi connectivity index (χ0) is 14.9. The van der Waals surface area contributed by atoms with Crippen LogP contribution in [0.15, 0.2) is 23.5 Å². The van der Waals surface area contributed by atoms with E-state index in [9.17, 15) is 9.90 Å². The molecule has 0 aliphatic carbocycles. The van der Waals surface area contributed by atoms with Crippen molar-refractivity contribution in [2.75, 3.05) is 0 Å². The van der Waals surface area contributed by atoms with Crippen LogP contribution in [0.25, 0.3) is 5.52 Å². The number of thioether (sulfide) groups is 1. The first-order valence-corrected chi connectivity index (χ1v) is 7.45. The highest BCUT2D eigenvalue weighted by atomic mass is 32.2. The van der Waals surface area contributed by atoms with Gasteiger partial charge in [0.15, 0.2) is 0 Å². The van der Waals surface area contributed by atoms with Gasteiger partial charge in [-0.1, -0.05) is 39.5 Å². The summed E-state index contributed by atoms with van der Waals surface area (Å²) in [7, 11) is 0. The van der Waals surface area contributed by atoms with E-state index in [-0.39, 0.29) is 5.41 Å². The molecule has 6 heteroatoms. The van der Waals surface area contributed by atoms with Crippen molar-refractivity contribution in [3.05, 3.63) is 24.2 Å². The Balaban J connectivity index is 2.44. The van der Waals surface area contributed by atoms with Gasteiger partial charge in [-0.05, 0) is 12.5 Å². The van der Waals surface area contributed by atoms with Crippen molar-refractivity contribution in [1.29, 1.82) is 0 Å². The molecule has 1 atom stereocenters. The van der Waals surface area contributed by atoms with Gasteiger partial charge in [-0.3, -0.25) is 4.79 Å². The third-order valence-electron chi connectivity index (χ3n) is 3.02. The van der Waals surface area contributed by atoms with Crippen molar-refractivity contribution in [2.45, 2.75) is 49.8 Å². The van der Waals surface area contributed by atoms with Crippen LogP contribution in [0, 0.1) is 0 Å². The number of hydrogen-bond donors (Lipinski definition) is 1. The second-order valence-corrected chi connectivity index (χ2v) is 6.89. The van der Waals surface area contributed by atoms with Gasteiger partial charge in [0.2, 0.25) is 0 Å². The van der Waals surface area contributed by atoms with Crippen molar-refractivity contribution in [2.24, 2.45) is 0 Å². The Morgan fingerprint density at radius 3 is 2.75 bits per heavy atom. The summed E-state index contributed by atoms with van der Waals surface area (Å²) >= 11 is 1.28. The molecule has 2 aromatic rings. The lowest BCUT2D eigenvalue weighted by Crippen LogP contribution is -2.15. The van der Waals surface area contributed by atoms with Gasteiger partial charge in [-0.2, -0.15) is 5.10 Å². The van der Waals surface area contributed by atoms with Crippen molar-refractivity contribution >= 4 is 23.2 Å². The lowest BCUT2D eigenvalue weighted by Gasteiger charge is -2.13. The van der Waals surface area contributed by atoms with E-state index >= 15 is 0 Å². The van der Waals surface area contributed by atoms with Gasteiger partial charge in [-0.25, -0.2) is 9.50 Å². The predicted octanol–water partition coefficient (Wildman–Crippen LogP) is 2.98. The molecule has 0 saturated heterocycles. The molecule has 0 aliphatic heterocycles. The van der Waals surface area contributed by atoms with Crippen LogP contribution in [-0.2, 0) is 10.2 Å². The highest BCUT2D eigenvalue weighted by Crippen LogP contribution is 2.30. The Labute approximate surface area is 122 Å². The molecule has 1 unspecified atom stereocenters. The van der Waals surface area contributed by atoms with Crippen LogP contribution in [0.1, 0.15) is 39.8 Å². The zero-order valence-electron chi connectivity index (χ0n) is 12.1. The number of fused-ring (bicyclic) bond motifs is 1. The normalized spacial score (nSPS) is 13.6. The lowest BCUT2D eigenvalue weighted by atomic mass is 9.92. The van der Waals surface area contributed by atoms with Crippen LogP contribution >= 0.6 is 11.8 Å². The molecule has 0 aromatic carbocycles.